The molecule has 0 aliphatic rings. The molecule has 1 nitrogen and oxygen atoms in total. The van der Waals surface area contributed by atoms with Gasteiger partial charge in [0.25, 0.3) is 0 Å². The zero-order valence-corrected chi connectivity index (χ0v) is 7.99. The van der Waals surface area contributed by atoms with Crippen LogP contribution in [0, 0.1) is 20.8 Å². The van der Waals surface area contributed by atoms with Crippen LogP contribution in [0.5, 0.6) is 0 Å². The van der Waals surface area contributed by atoms with Crippen LogP contribution >= 0.6 is 15.9 Å². The summed E-state index contributed by atoms with van der Waals surface area (Å²) in [5, 5.41) is 0. The number of pyridine rings is 1. The molecule has 2 heteroatoms. The normalized spacial score (nSPS) is 10.0. The van der Waals surface area contributed by atoms with E-state index < -0.39 is 0 Å². The monoisotopic (exact) mass is 199 g/mol. The highest BCUT2D eigenvalue weighted by molar-refractivity contribution is 9.10. The average molecular weight is 200 g/mol. The van der Waals surface area contributed by atoms with E-state index in [9.17, 15) is 0 Å². The van der Waals surface area contributed by atoms with Gasteiger partial charge >= 0.3 is 0 Å². The van der Waals surface area contributed by atoms with Crippen LogP contribution in [0.4, 0.5) is 0 Å². The van der Waals surface area contributed by atoms with Gasteiger partial charge in [-0.25, -0.2) is 0 Å². The van der Waals surface area contributed by atoms with Crippen LogP contribution < -0.4 is 0 Å². The van der Waals surface area contributed by atoms with Gasteiger partial charge in [-0.2, -0.15) is 0 Å². The highest BCUT2D eigenvalue weighted by Gasteiger charge is 2.00. The van der Waals surface area contributed by atoms with E-state index in [1.165, 1.54) is 11.1 Å². The summed E-state index contributed by atoms with van der Waals surface area (Å²) in [5.74, 6) is 0. The molecule has 0 bridgehead atoms. The molecule has 1 aromatic heterocycles. The van der Waals surface area contributed by atoms with Gasteiger partial charge in [0.1, 0.15) is 0 Å². The minimum Gasteiger partial charge on any atom is -0.260 e. The molecule has 54 valence electrons. The number of halogens is 1. The third-order valence-electron chi connectivity index (χ3n) is 1.83. The summed E-state index contributed by atoms with van der Waals surface area (Å²) < 4.78 is 1.09. The Labute approximate surface area is 69.6 Å². The SMILES string of the molecule is Cc1ncc(Br)c(C)c1C. The fourth-order valence-electron chi connectivity index (χ4n) is 0.798. The molecule has 1 heterocycles. The van der Waals surface area contributed by atoms with E-state index in [-0.39, 0.29) is 0 Å². The van der Waals surface area contributed by atoms with E-state index in [1.807, 2.05) is 13.1 Å². The molecule has 0 spiro atoms. The molecule has 0 saturated heterocycles. The van der Waals surface area contributed by atoms with Crippen molar-refractivity contribution in [2.24, 2.45) is 0 Å². The summed E-state index contributed by atoms with van der Waals surface area (Å²) >= 11 is 3.42. The number of aromatic nitrogens is 1. The van der Waals surface area contributed by atoms with Crippen molar-refractivity contribution in [2.75, 3.05) is 0 Å². The molecule has 0 radical (unpaired) electrons. The Morgan fingerprint density at radius 3 is 2.30 bits per heavy atom. The zero-order chi connectivity index (χ0) is 7.72. The topological polar surface area (TPSA) is 12.9 Å². The number of nitrogens with zero attached hydrogens (tertiary/aromatic N) is 1. The third-order valence-corrected chi connectivity index (χ3v) is 2.63. The second-order valence-electron chi connectivity index (χ2n) is 2.44. The standard InChI is InChI=1S/C8H10BrN/c1-5-6(2)8(9)4-10-7(5)3/h4H,1-3H3. The van der Waals surface area contributed by atoms with Gasteiger partial charge in [-0.3, -0.25) is 4.98 Å². The summed E-state index contributed by atoms with van der Waals surface area (Å²) in [5.41, 5.74) is 3.67. The van der Waals surface area contributed by atoms with Gasteiger partial charge in [-0.1, -0.05) is 0 Å². The van der Waals surface area contributed by atoms with Crippen molar-refractivity contribution in [1.29, 1.82) is 0 Å². The van der Waals surface area contributed by atoms with E-state index in [2.05, 4.69) is 34.8 Å². The third kappa shape index (κ3) is 1.21. The molecule has 0 aliphatic heterocycles. The Morgan fingerprint density at radius 2 is 1.80 bits per heavy atom. The molecule has 0 fully saturated rings. The van der Waals surface area contributed by atoms with Crippen LogP contribution in [0.2, 0.25) is 0 Å². The van der Waals surface area contributed by atoms with Crippen molar-refractivity contribution in [1.82, 2.24) is 4.98 Å². The molecule has 0 atom stereocenters. The maximum Gasteiger partial charge on any atom is 0.0416 e. The number of hydrogen-bond acceptors (Lipinski definition) is 1. The predicted molar refractivity (Wildman–Crippen MR) is 46.1 cm³/mol. The molecular weight excluding hydrogens is 190 g/mol. The van der Waals surface area contributed by atoms with Crippen LogP contribution in [0.1, 0.15) is 16.8 Å². The lowest BCUT2D eigenvalue weighted by Crippen LogP contribution is -1.90. The Bertz CT molecular complexity index is 229. The Hall–Kier alpha value is -0.370. The molecule has 1 aromatic rings. The quantitative estimate of drug-likeness (QED) is 0.627. The molecule has 0 aliphatic carbocycles. The van der Waals surface area contributed by atoms with Crippen molar-refractivity contribution in [3.63, 3.8) is 0 Å². The number of hydrogen-bond donors (Lipinski definition) is 0. The maximum absolute atomic E-state index is 4.19. The van der Waals surface area contributed by atoms with Gasteiger partial charge in [0.2, 0.25) is 0 Å². The zero-order valence-electron chi connectivity index (χ0n) is 6.40. The fraction of sp³-hybridized carbons (Fsp3) is 0.375. The van der Waals surface area contributed by atoms with Gasteiger partial charge in [0.05, 0.1) is 0 Å². The van der Waals surface area contributed by atoms with Crippen molar-refractivity contribution in [2.45, 2.75) is 20.8 Å². The van der Waals surface area contributed by atoms with Gasteiger partial charge in [-0.15, -0.1) is 0 Å². The Morgan fingerprint density at radius 1 is 1.20 bits per heavy atom. The van der Waals surface area contributed by atoms with Crippen LogP contribution in [-0.2, 0) is 0 Å². The van der Waals surface area contributed by atoms with Crippen molar-refractivity contribution >= 4 is 15.9 Å². The first-order valence-corrected chi connectivity index (χ1v) is 4.00. The highest BCUT2D eigenvalue weighted by atomic mass is 79.9. The summed E-state index contributed by atoms with van der Waals surface area (Å²) in [4.78, 5) is 4.19. The van der Waals surface area contributed by atoms with E-state index >= 15 is 0 Å². The van der Waals surface area contributed by atoms with Gasteiger partial charge in [0.15, 0.2) is 0 Å². The first-order valence-electron chi connectivity index (χ1n) is 3.21. The van der Waals surface area contributed by atoms with Crippen molar-refractivity contribution in [3.8, 4) is 0 Å². The summed E-state index contributed by atoms with van der Waals surface area (Å²) in [7, 11) is 0. The Kier molecular flexibility index (Phi) is 2.09. The minimum absolute atomic E-state index is 1.09. The first-order chi connectivity index (χ1) is 4.63. The molecule has 10 heavy (non-hydrogen) atoms. The van der Waals surface area contributed by atoms with Crippen LogP contribution in [0.25, 0.3) is 0 Å². The molecule has 0 aromatic carbocycles. The summed E-state index contributed by atoms with van der Waals surface area (Å²) in [6, 6.07) is 0. The van der Waals surface area contributed by atoms with Crippen LogP contribution in [-0.4, -0.2) is 4.98 Å². The molecule has 1 rings (SSSR count). The average Bonchev–Trinajstić information content (AvgIpc) is 1.93. The Balaban J connectivity index is 3.34. The van der Waals surface area contributed by atoms with E-state index in [4.69, 9.17) is 0 Å². The van der Waals surface area contributed by atoms with Gasteiger partial charge < -0.3 is 0 Å². The minimum atomic E-state index is 1.09. The summed E-state index contributed by atoms with van der Waals surface area (Å²) in [6.45, 7) is 6.20. The lowest BCUT2D eigenvalue weighted by atomic mass is 10.1. The van der Waals surface area contributed by atoms with Crippen molar-refractivity contribution in [3.05, 3.63) is 27.5 Å². The first kappa shape index (κ1) is 7.73. The second-order valence-corrected chi connectivity index (χ2v) is 3.30. The molecule has 0 saturated carbocycles. The van der Waals surface area contributed by atoms with Crippen LogP contribution in [0.3, 0.4) is 0 Å². The smallest absolute Gasteiger partial charge is 0.0416 e. The lowest BCUT2D eigenvalue weighted by molar-refractivity contribution is 1.11. The lowest BCUT2D eigenvalue weighted by Gasteiger charge is -2.03. The van der Waals surface area contributed by atoms with Gasteiger partial charge in [-0.05, 0) is 47.8 Å². The summed E-state index contributed by atoms with van der Waals surface area (Å²) in [6.07, 6.45) is 1.84. The number of rotatable bonds is 0. The van der Waals surface area contributed by atoms with E-state index in [0.717, 1.165) is 10.2 Å². The molecule has 0 N–H and O–H groups in total. The second kappa shape index (κ2) is 2.70. The maximum atomic E-state index is 4.19. The van der Waals surface area contributed by atoms with E-state index in [1.54, 1.807) is 0 Å². The number of aryl methyl sites for hydroxylation is 1. The molecule has 0 amide bonds. The predicted octanol–water partition coefficient (Wildman–Crippen LogP) is 2.77. The molecule has 0 unspecified atom stereocenters. The molecular formula is C8H10BrN. The van der Waals surface area contributed by atoms with Crippen LogP contribution in [0.15, 0.2) is 10.7 Å². The van der Waals surface area contributed by atoms with E-state index in [0.29, 0.717) is 0 Å². The van der Waals surface area contributed by atoms with Crippen molar-refractivity contribution < 1.29 is 0 Å². The largest absolute Gasteiger partial charge is 0.260 e. The fourth-order valence-corrected chi connectivity index (χ4v) is 1.20. The van der Waals surface area contributed by atoms with Gasteiger partial charge in [0, 0.05) is 16.4 Å². The highest BCUT2D eigenvalue weighted by Crippen LogP contribution is 2.19.